The maximum absolute atomic E-state index is 12.9. The van der Waals surface area contributed by atoms with Crippen molar-refractivity contribution in [2.45, 2.75) is 26.2 Å². The van der Waals surface area contributed by atoms with Crippen LogP contribution in [0.3, 0.4) is 0 Å². The van der Waals surface area contributed by atoms with Crippen LogP contribution in [0.5, 0.6) is 11.5 Å². The Balaban J connectivity index is 1.34. The Kier molecular flexibility index (Phi) is 6.53. The fourth-order valence-corrected chi connectivity index (χ4v) is 4.56. The number of amides is 2. The number of methoxy groups -OCH3 is 2. The maximum Gasteiger partial charge on any atom is 0.229 e. The molecular weight excluding hydrogens is 406 g/mol. The van der Waals surface area contributed by atoms with Crippen LogP contribution in [0.15, 0.2) is 36.4 Å². The molecule has 1 fully saturated rings. The molecule has 0 spiro atoms. The number of nitrogens with one attached hydrogen (secondary N) is 1. The summed E-state index contributed by atoms with van der Waals surface area (Å²) in [5, 5.41) is 3.03. The van der Waals surface area contributed by atoms with Gasteiger partial charge in [-0.2, -0.15) is 0 Å². The lowest BCUT2D eigenvalue weighted by Crippen LogP contribution is -2.30. The summed E-state index contributed by atoms with van der Waals surface area (Å²) in [5.41, 5.74) is 4.37. The molecule has 1 unspecified atom stereocenters. The summed E-state index contributed by atoms with van der Waals surface area (Å²) in [6.07, 6.45) is 1.99. The number of likely N-dealkylation sites (N-methyl/N-ethyl adjacent to an activating group) is 1. The summed E-state index contributed by atoms with van der Waals surface area (Å²) >= 11 is 0. The lowest BCUT2D eigenvalue weighted by Gasteiger charge is -2.18. The average Bonchev–Trinajstić information content (AvgIpc) is 3.40. The third kappa shape index (κ3) is 4.52. The van der Waals surface area contributed by atoms with E-state index in [2.05, 4.69) is 29.3 Å². The molecule has 2 aliphatic rings. The number of hydrogen-bond donors (Lipinski definition) is 1. The van der Waals surface area contributed by atoms with Crippen molar-refractivity contribution in [2.75, 3.05) is 50.6 Å². The van der Waals surface area contributed by atoms with Crippen molar-refractivity contribution in [3.8, 4) is 11.5 Å². The van der Waals surface area contributed by atoms with Crippen molar-refractivity contribution in [1.29, 1.82) is 0 Å². The zero-order chi connectivity index (χ0) is 22.7. The summed E-state index contributed by atoms with van der Waals surface area (Å²) in [7, 11) is 3.21. The van der Waals surface area contributed by atoms with Crippen LogP contribution in [-0.2, 0) is 22.4 Å². The number of carbonyl (C=O) groups excluding carboxylic acids is 2. The molecule has 0 aliphatic carbocycles. The van der Waals surface area contributed by atoms with E-state index in [1.54, 1.807) is 19.1 Å². The van der Waals surface area contributed by atoms with Crippen LogP contribution in [0.2, 0.25) is 0 Å². The minimum Gasteiger partial charge on any atom is -0.493 e. The van der Waals surface area contributed by atoms with Crippen LogP contribution in [-0.4, -0.2) is 57.1 Å². The highest BCUT2D eigenvalue weighted by molar-refractivity contribution is 5.97. The summed E-state index contributed by atoms with van der Waals surface area (Å²) < 4.78 is 10.6. The van der Waals surface area contributed by atoms with E-state index >= 15 is 0 Å². The third-order valence-electron chi connectivity index (χ3n) is 6.43. The van der Waals surface area contributed by atoms with Gasteiger partial charge in [0, 0.05) is 44.0 Å². The van der Waals surface area contributed by atoms with Crippen LogP contribution in [0, 0.1) is 5.92 Å². The molecule has 7 nitrogen and oxygen atoms in total. The highest BCUT2D eigenvalue weighted by atomic mass is 16.5. The minimum absolute atomic E-state index is 0.0248. The van der Waals surface area contributed by atoms with Crippen molar-refractivity contribution in [2.24, 2.45) is 5.92 Å². The van der Waals surface area contributed by atoms with Crippen molar-refractivity contribution < 1.29 is 19.1 Å². The third-order valence-corrected chi connectivity index (χ3v) is 6.43. The smallest absolute Gasteiger partial charge is 0.229 e. The predicted molar refractivity (Wildman–Crippen MR) is 125 cm³/mol. The van der Waals surface area contributed by atoms with Crippen molar-refractivity contribution >= 4 is 23.2 Å². The van der Waals surface area contributed by atoms with E-state index in [9.17, 15) is 9.59 Å². The minimum atomic E-state index is -0.330. The van der Waals surface area contributed by atoms with Gasteiger partial charge in [0.05, 0.1) is 20.1 Å². The first-order valence-corrected chi connectivity index (χ1v) is 11.2. The van der Waals surface area contributed by atoms with E-state index in [0.29, 0.717) is 31.0 Å². The SMILES string of the molecule is CCN1CCc2ccc(NC(=O)C3CC(=O)N(CCc4ccc(OC)c(OC)c4)C3)cc21. The second-order valence-corrected chi connectivity index (χ2v) is 8.34. The summed E-state index contributed by atoms with van der Waals surface area (Å²) in [6, 6.07) is 11.9. The van der Waals surface area contributed by atoms with Crippen LogP contribution in [0.25, 0.3) is 0 Å². The van der Waals surface area contributed by atoms with E-state index in [1.807, 2.05) is 24.3 Å². The molecule has 7 heteroatoms. The summed E-state index contributed by atoms with van der Waals surface area (Å²) in [6.45, 7) is 5.14. The molecule has 0 aromatic heterocycles. The molecule has 170 valence electrons. The Morgan fingerprint density at radius 2 is 1.91 bits per heavy atom. The van der Waals surface area contributed by atoms with E-state index in [4.69, 9.17) is 9.47 Å². The Morgan fingerprint density at radius 3 is 2.66 bits per heavy atom. The predicted octanol–water partition coefficient (Wildman–Crippen LogP) is 3.12. The molecule has 1 N–H and O–H groups in total. The van der Waals surface area contributed by atoms with Gasteiger partial charge in [0.2, 0.25) is 11.8 Å². The van der Waals surface area contributed by atoms with E-state index in [1.165, 1.54) is 11.3 Å². The molecule has 1 saturated heterocycles. The number of rotatable bonds is 8. The largest absolute Gasteiger partial charge is 0.493 e. The van der Waals surface area contributed by atoms with Gasteiger partial charge < -0.3 is 24.6 Å². The highest BCUT2D eigenvalue weighted by Crippen LogP contribution is 2.31. The monoisotopic (exact) mass is 437 g/mol. The zero-order valence-electron chi connectivity index (χ0n) is 19.0. The van der Waals surface area contributed by atoms with E-state index in [0.717, 1.165) is 30.8 Å². The molecule has 2 amide bonds. The van der Waals surface area contributed by atoms with E-state index < -0.39 is 0 Å². The van der Waals surface area contributed by atoms with Crippen molar-refractivity contribution in [3.63, 3.8) is 0 Å². The Hall–Kier alpha value is -3.22. The van der Waals surface area contributed by atoms with Gasteiger partial charge in [-0.3, -0.25) is 9.59 Å². The summed E-state index contributed by atoms with van der Waals surface area (Å²) in [5.74, 6) is 0.956. The zero-order valence-corrected chi connectivity index (χ0v) is 19.0. The second kappa shape index (κ2) is 9.51. The quantitative estimate of drug-likeness (QED) is 0.687. The van der Waals surface area contributed by atoms with Crippen molar-refractivity contribution in [1.82, 2.24) is 4.90 Å². The van der Waals surface area contributed by atoms with Gasteiger partial charge in [-0.25, -0.2) is 0 Å². The number of anilines is 2. The molecule has 4 rings (SSSR count). The van der Waals surface area contributed by atoms with Gasteiger partial charge >= 0.3 is 0 Å². The fourth-order valence-electron chi connectivity index (χ4n) is 4.56. The number of nitrogens with zero attached hydrogens (tertiary/aromatic N) is 2. The van der Waals surface area contributed by atoms with Gasteiger partial charge in [-0.15, -0.1) is 0 Å². The molecule has 2 heterocycles. The second-order valence-electron chi connectivity index (χ2n) is 8.34. The number of hydrogen-bond acceptors (Lipinski definition) is 5. The normalized spacial score (nSPS) is 17.5. The van der Waals surface area contributed by atoms with Gasteiger partial charge in [0.25, 0.3) is 0 Å². The molecule has 2 aliphatic heterocycles. The van der Waals surface area contributed by atoms with Crippen LogP contribution >= 0.6 is 0 Å². The Labute approximate surface area is 189 Å². The number of carbonyl (C=O) groups is 2. The van der Waals surface area contributed by atoms with Crippen LogP contribution < -0.4 is 19.7 Å². The first-order chi connectivity index (χ1) is 15.5. The van der Waals surface area contributed by atoms with Gasteiger partial charge in [-0.05, 0) is 55.2 Å². The Bertz CT molecular complexity index is 1010. The van der Waals surface area contributed by atoms with Crippen LogP contribution in [0.1, 0.15) is 24.5 Å². The molecule has 1 atom stereocenters. The standard InChI is InChI=1S/C25H31N3O4/c1-4-27-12-10-18-6-7-20(15-21(18)27)26-25(30)19-14-24(29)28(16-19)11-9-17-5-8-22(31-2)23(13-17)32-3/h5-8,13,15,19H,4,9-12,14,16H2,1-3H3,(H,26,30). The number of ether oxygens (including phenoxy) is 2. The first kappa shape index (κ1) is 22.0. The molecule has 2 aromatic rings. The highest BCUT2D eigenvalue weighted by Gasteiger charge is 2.34. The molecule has 0 bridgehead atoms. The fraction of sp³-hybridized carbons (Fsp3) is 0.440. The maximum atomic E-state index is 12.9. The molecule has 0 saturated carbocycles. The molecule has 0 radical (unpaired) electrons. The van der Waals surface area contributed by atoms with Gasteiger partial charge in [-0.1, -0.05) is 12.1 Å². The molecule has 2 aromatic carbocycles. The van der Waals surface area contributed by atoms with Crippen molar-refractivity contribution in [3.05, 3.63) is 47.5 Å². The molecule has 32 heavy (non-hydrogen) atoms. The number of fused-ring (bicyclic) bond motifs is 1. The average molecular weight is 438 g/mol. The van der Waals surface area contributed by atoms with Crippen LogP contribution in [0.4, 0.5) is 11.4 Å². The Morgan fingerprint density at radius 1 is 1.09 bits per heavy atom. The topological polar surface area (TPSA) is 71.1 Å². The first-order valence-electron chi connectivity index (χ1n) is 11.2. The lowest BCUT2D eigenvalue weighted by molar-refractivity contribution is -0.128. The van der Waals surface area contributed by atoms with Gasteiger partial charge in [0.15, 0.2) is 11.5 Å². The number of benzene rings is 2. The van der Waals surface area contributed by atoms with E-state index in [-0.39, 0.29) is 24.2 Å². The number of likely N-dealkylation sites (tertiary alicyclic amines) is 1. The lowest BCUT2D eigenvalue weighted by atomic mass is 10.1. The summed E-state index contributed by atoms with van der Waals surface area (Å²) in [4.78, 5) is 29.5. The van der Waals surface area contributed by atoms with Gasteiger partial charge in [0.1, 0.15) is 0 Å². The molecular formula is C25H31N3O4.